The third kappa shape index (κ3) is 4.01. The van der Waals surface area contributed by atoms with Gasteiger partial charge in [-0.3, -0.25) is 4.79 Å². The molecule has 0 fully saturated rings. The van der Waals surface area contributed by atoms with Gasteiger partial charge in [0.25, 0.3) is 5.91 Å². The molecule has 0 unspecified atom stereocenters. The smallest absolute Gasteiger partial charge is 0.263 e. The van der Waals surface area contributed by atoms with Gasteiger partial charge in [0.05, 0.1) is 15.1 Å². The monoisotopic (exact) mass is 406 g/mol. The topological polar surface area (TPSA) is 68.5 Å². The van der Waals surface area contributed by atoms with E-state index in [0.717, 1.165) is 45.6 Å². The number of aromatic nitrogens is 1. The number of hydrogen-bond acceptors (Lipinski definition) is 4. The van der Waals surface area contributed by atoms with Gasteiger partial charge in [-0.15, -0.1) is 0 Å². The highest BCUT2D eigenvalue weighted by Crippen LogP contribution is 2.23. The van der Waals surface area contributed by atoms with Crippen LogP contribution < -0.4 is 4.80 Å². The molecule has 0 aliphatic carbocycles. The predicted octanol–water partition coefficient (Wildman–Crippen LogP) is 3.38. The van der Waals surface area contributed by atoms with Crippen LogP contribution in [0.4, 0.5) is 4.39 Å². The number of benzene rings is 2. The highest BCUT2D eigenvalue weighted by Gasteiger charge is 2.19. The second-order valence-corrected chi connectivity index (χ2v) is 9.24. The molecule has 0 saturated heterocycles. The molecule has 0 aliphatic heterocycles. The summed E-state index contributed by atoms with van der Waals surface area (Å²) in [5, 5.41) is 0. The summed E-state index contributed by atoms with van der Waals surface area (Å²) in [6.45, 7) is 6.56. The zero-order valence-electron chi connectivity index (χ0n) is 15.2. The molecule has 1 heterocycles. The van der Waals surface area contributed by atoms with Crippen LogP contribution in [0.3, 0.4) is 0 Å². The van der Waals surface area contributed by atoms with E-state index in [2.05, 4.69) is 11.1 Å². The van der Waals surface area contributed by atoms with E-state index in [-0.39, 0.29) is 4.90 Å². The van der Waals surface area contributed by atoms with E-state index < -0.39 is 27.3 Å². The van der Waals surface area contributed by atoms with Gasteiger partial charge in [0, 0.05) is 6.54 Å². The Hall–Kier alpha value is -2.32. The fraction of sp³-hybridized carbons (Fsp3) is 0.263. The van der Waals surface area contributed by atoms with E-state index in [4.69, 9.17) is 0 Å². The Bertz CT molecular complexity index is 1190. The molecule has 0 spiro atoms. The molecule has 0 atom stereocenters. The van der Waals surface area contributed by atoms with Gasteiger partial charge < -0.3 is 4.57 Å². The molecule has 1 amide bonds. The van der Waals surface area contributed by atoms with Crippen LogP contribution in [0.2, 0.25) is 0 Å². The summed E-state index contributed by atoms with van der Waals surface area (Å²) in [5.41, 5.74) is 3.18. The molecule has 0 N–H and O–H groups in total. The van der Waals surface area contributed by atoms with Crippen LogP contribution in [-0.4, -0.2) is 24.6 Å². The number of halogens is 1. The van der Waals surface area contributed by atoms with Crippen LogP contribution in [0.15, 0.2) is 46.3 Å². The maximum atomic E-state index is 13.0. The number of rotatable bonds is 4. The first-order chi connectivity index (χ1) is 12.7. The highest BCUT2D eigenvalue weighted by atomic mass is 32.2. The summed E-state index contributed by atoms with van der Waals surface area (Å²) in [4.78, 5) is 16.8. The summed E-state index contributed by atoms with van der Waals surface area (Å²) in [5.74, 6) is -2.04. The van der Waals surface area contributed by atoms with Gasteiger partial charge >= 0.3 is 0 Å². The van der Waals surface area contributed by atoms with Crippen molar-refractivity contribution in [2.24, 2.45) is 4.99 Å². The lowest BCUT2D eigenvalue weighted by atomic mass is 10.1. The van der Waals surface area contributed by atoms with Crippen molar-refractivity contribution in [3.05, 3.63) is 58.1 Å². The summed E-state index contributed by atoms with van der Waals surface area (Å²) in [6, 6.07) is 8.49. The normalized spacial score (nSPS) is 12.7. The molecular weight excluding hydrogens is 387 g/mol. The SMILES string of the molecule is CCn1c(=NC(=O)CS(=O)(=O)c2ccc(F)cc2)sc2c(C)cc(C)cc21. The highest BCUT2D eigenvalue weighted by molar-refractivity contribution is 7.92. The Morgan fingerprint density at radius 1 is 1.19 bits per heavy atom. The molecule has 5 nitrogen and oxygen atoms in total. The molecule has 8 heteroatoms. The molecule has 0 saturated carbocycles. The fourth-order valence-corrected chi connectivity index (χ4v) is 5.20. The maximum Gasteiger partial charge on any atom is 0.263 e. The summed E-state index contributed by atoms with van der Waals surface area (Å²) < 4.78 is 40.6. The summed E-state index contributed by atoms with van der Waals surface area (Å²) in [7, 11) is -3.88. The number of aryl methyl sites for hydroxylation is 3. The average Bonchev–Trinajstić information content (AvgIpc) is 2.91. The van der Waals surface area contributed by atoms with Crippen molar-refractivity contribution in [3.8, 4) is 0 Å². The number of amides is 1. The standard InChI is InChI=1S/C19H19FN2O3S2/c1-4-22-16-10-12(2)9-13(3)18(16)26-19(22)21-17(23)11-27(24,25)15-7-5-14(20)6-8-15/h5-10H,4,11H2,1-3H3. The lowest BCUT2D eigenvalue weighted by molar-refractivity contribution is -0.115. The van der Waals surface area contributed by atoms with Gasteiger partial charge in [0.2, 0.25) is 0 Å². The number of hydrogen-bond donors (Lipinski definition) is 0. The van der Waals surface area contributed by atoms with Crippen LogP contribution in [0.5, 0.6) is 0 Å². The van der Waals surface area contributed by atoms with Crippen molar-refractivity contribution < 1.29 is 17.6 Å². The zero-order valence-corrected chi connectivity index (χ0v) is 16.8. The molecule has 27 heavy (non-hydrogen) atoms. The predicted molar refractivity (Wildman–Crippen MR) is 104 cm³/mol. The van der Waals surface area contributed by atoms with Crippen LogP contribution in [0, 0.1) is 19.7 Å². The van der Waals surface area contributed by atoms with Crippen LogP contribution in [0.1, 0.15) is 18.1 Å². The number of carbonyl (C=O) groups is 1. The van der Waals surface area contributed by atoms with Gasteiger partial charge in [0.1, 0.15) is 11.6 Å². The number of nitrogens with zero attached hydrogens (tertiary/aromatic N) is 2. The Morgan fingerprint density at radius 2 is 1.85 bits per heavy atom. The molecule has 0 radical (unpaired) electrons. The molecule has 2 aromatic carbocycles. The molecule has 1 aromatic heterocycles. The van der Waals surface area contributed by atoms with E-state index in [1.165, 1.54) is 11.3 Å². The second-order valence-electron chi connectivity index (χ2n) is 6.28. The summed E-state index contributed by atoms with van der Waals surface area (Å²) in [6.07, 6.45) is 0. The first-order valence-corrected chi connectivity index (χ1v) is 10.8. The lowest BCUT2D eigenvalue weighted by Crippen LogP contribution is -2.20. The van der Waals surface area contributed by atoms with Crippen LogP contribution >= 0.6 is 11.3 Å². The van der Waals surface area contributed by atoms with Crippen molar-refractivity contribution in [3.63, 3.8) is 0 Å². The molecule has 0 aliphatic rings. The lowest BCUT2D eigenvalue weighted by Gasteiger charge is -2.03. The molecule has 0 bridgehead atoms. The minimum Gasteiger partial charge on any atom is -0.317 e. The molecule has 3 aromatic rings. The van der Waals surface area contributed by atoms with Crippen molar-refractivity contribution in [1.29, 1.82) is 0 Å². The van der Waals surface area contributed by atoms with Crippen LogP contribution in [0.25, 0.3) is 10.2 Å². The van der Waals surface area contributed by atoms with Gasteiger partial charge in [-0.05, 0) is 62.2 Å². The Kier molecular flexibility index (Phi) is 5.30. The van der Waals surface area contributed by atoms with Crippen molar-refractivity contribution in [2.45, 2.75) is 32.2 Å². The minimum atomic E-state index is -3.88. The quantitative estimate of drug-likeness (QED) is 0.624. The zero-order chi connectivity index (χ0) is 19.8. The number of fused-ring (bicyclic) bond motifs is 1. The largest absolute Gasteiger partial charge is 0.317 e. The van der Waals surface area contributed by atoms with Gasteiger partial charge in [-0.1, -0.05) is 17.4 Å². The number of carbonyl (C=O) groups excluding carboxylic acids is 1. The number of sulfone groups is 1. The van der Waals surface area contributed by atoms with Crippen molar-refractivity contribution in [2.75, 3.05) is 5.75 Å². The van der Waals surface area contributed by atoms with E-state index in [0.29, 0.717) is 11.3 Å². The third-order valence-corrected chi connectivity index (χ3v) is 6.98. The third-order valence-electron chi connectivity index (χ3n) is 4.14. The molecule has 3 rings (SSSR count). The summed E-state index contributed by atoms with van der Waals surface area (Å²) >= 11 is 1.37. The molecular formula is C19H19FN2O3S2. The van der Waals surface area contributed by atoms with Gasteiger partial charge in [-0.2, -0.15) is 4.99 Å². The van der Waals surface area contributed by atoms with Gasteiger partial charge in [-0.25, -0.2) is 12.8 Å². The molecule has 142 valence electrons. The number of thiazole rings is 1. The van der Waals surface area contributed by atoms with Crippen LogP contribution in [-0.2, 0) is 21.2 Å². The Balaban J connectivity index is 2.00. The first kappa shape index (κ1) is 19.4. The van der Waals surface area contributed by atoms with E-state index >= 15 is 0 Å². The van der Waals surface area contributed by atoms with Gasteiger partial charge in [0.15, 0.2) is 14.6 Å². The average molecular weight is 407 g/mol. The van der Waals surface area contributed by atoms with E-state index in [1.807, 2.05) is 31.4 Å². The second kappa shape index (κ2) is 7.36. The Morgan fingerprint density at radius 3 is 2.48 bits per heavy atom. The first-order valence-electron chi connectivity index (χ1n) is 8.37. The van der Waals surface area contributed by atoms with Crippen molar-refractivity contribution >= 4 is 37.3 Å². The minimum absolute atomic E-state index is 0.0985. The fourth-order valence-electron chi connectivity index (χ4n) is 2.93. The van der Waals surface area contributed by atoms with E-state index in [9.17, 15) is 17.6 Å². The van der Waals surface area contributed by atoms with Crippen molar-refractivity contribution in [1.82, 2.24) is 4.57 Å². The van der Waals surface area contributed by atoms with E-state index in [1.54, 1.807) is 0 Å². The Labute approximate surface area is 160 Å². The maximum absolute atomic E-state index is 13.0.